The van der Waals surface area contributed by atoms with Crippen LogP contribution in [0.4, 0.5) is 0 Å². The first-order valence-corrected chi connectivity index (χ1v) is 8.62. The van der Waals surface area contributed by atoms with Crippen molar-refractivity contribution in [3.05, 3.63) is 0 Å². The van der Waals surface area contributed by atoms with Crippen LogP contribution in [0.2, 0.25) is 0 Å². The van der Waals surface area contributed by atoms with Gasteiger partial charge in [-0.2, -0.15) is 0 Å². The molecule has 5 atom stereocenters. The minimum atomic E-state index is 0.251. The van der Waals surface area contributed by atoms with Gasteiger partial charge in [0.25, 0.3) is 0 Å². The molecular weight excluding hydrogens is 248 g/mol. The van der Waals surface area contributed by atoms with E-state index in [2.05, 4.69) is 4.90 Å². The second kappa shape index (κ2) is 6.05. The molecule has 3 aliphatic carbocycles. The number of hydrogen-bond acceptors (Lipinski definition) is 2. The standard InChI is InChI=1S/C17H30N2O/c1-19(11-16-8-12-5-6-14(16)7-12)17(20)15-4-2-3-13(9-15)10-18/h12-16H,2-11,18H2,1H3. The van der Waals surface area contributed by atoms with Crippen molar-refractivity contribution in [1.82, 2.24) is 4.90 Å². The summed E-state index contributed by atoms with van der Waals surface area (Å²) in [7, 11) is 2.03. The molecule has 3 aliphatic rings. The maximum absolute atomic E-state index is 12.6. The Morgan fingerprint density at radius 3 is 2.65 bits per heavy atom. The molecule has 3 saturated carbocycles. The van der Waals surface area contributed by atoms with Gasteiger partial charge >= 0.3 is 0 Å². The fourth-order valence-electron chi connectivity index (χ4n) is 5.08. The van der Waals surface area contributed by atoms with Crippen molar-refractivity contribution in [2.24, 2.45) is 35.3 Å². The molecule has 114 valence electrons. The summed E-state index contributed by atoms with van der Waals surface area (Å²) in [6.45, 7) is 1.75. The van der Waals surface area contributed by atoms with Crippen molar-refractivity contribution >= 4 is 5.91 Å². The van der Waals surface area contributed by atoms with Gasteiger partial charge in [-0.1, -0.05) is 12.8 Å². The van der Waals surface area contributed by atoms with Crippen LogP contribution in [0.25, 0.3) is 0 Å². The van der Waals surface area contributed by atoms with E-state index >= 15 is 0 Å². The average molecular weight is 278 g/mol. The first-order valence-electron chi connectivity index (χ1n) is 8.62. The Bertz CT molecular complexity index is 357. The molecule has 5 unspecified atom stereocenters. The summed E-state index contributed by atoms with van der Waals surface area (Å²) in [5.74, 6) is 3.90. The Morgan fingerprint density at radius 1 is 1.15 bits per heavy atom. The van der Waals surface area contributed by atoms with Crippen molar-refractivity contribution < 1.29 is 4.79 Å². The molecule has 0 aromatic heterocycles. The van der Waals surface area contributed by atoms with E-state index in [-0.39, 0.29) is 5.92 Å². The van der Waals surface area contributed by atoms with Gasteiger partial charge in [0, 0.05) is 19.5 Å². The molecule has 3 nitrogen and oxygen atoms in total. The number of hydrogen-bond donors (Lipinski definition) is 1. The number of fused-ring (bicyclic) bond motifs is 2. The Hall–Kier alpha value is -0.570. The third-order valence-electron chi connectivity index (χ3n) is 6.23. The topological polar surface area (TPSA) is 46.3 Å². The smallest absolute Gasteiger partial charge is 0.225 e. The number of nitrogens with two attached hydrogens (primary N) is 1. The van der Waals surface area contributed by atoms with Crippen LogP contribution in [-0.4, -0.2) is 30.9 Å². The van der Waals surface area contributed by atoms with E-state index in [0.29, 0.717) is 11.8 Å². The first-order chi connectivity index (χ1) is 9.67. The summed E-state index contributed by atoms with van der Waals surface area (Å²) in [5.41, 5.74) is 5.79. The lowest BCUT2D eigenvalue weighted by Crippen LogP contribution is -2.39. The Kier molecular flexibility index (Phi) is 4.34. The SMILES string of the molecule is CN(CC1CC2CCC1C2)C(=O)C1CCCC(CN)C1. The van der Waals surface area contributed by atoms with E-state index in [9.17, 15) is 4.79 Å². The van der Waals surface area contributed by atoms with Crippen LogP contribution in [0.15, 0.2) is 0 Å². The van der Waals surface area contributed by atoms with Crippen LogP contribution in [0.3, 0.4) is 0 Å². The van der Waals surface area contributed by atoms with Crippen molar-refractivity contribution in [1.29, 1.82) is 0 Å². The molecule has 0 spiro atoms. The van der Waals surface area contributed by atoms with Gasteiger partial charge in [0.1, 0.15) is 0 Å². The van der Waals surface area contributed by atoms with E-state index in [4.69, 9.17) is 5.73 Å². The fourth-order valence-corrected chi connectivity index (χ4v) is 5.08. The van der Waals surface area contributed by atoms with Crippen LogP contribution in [-0.2, 0) is 4.79 Å². The van der Waals surface area contributed by atoms with Gasteiger partial charge in [0.15, 0.2) is 0 Å². The number of amides is 1. The highest BCUT2D eigenvalue weighted by molar-refractivity contribution is 5.78. The summed E-state index contributed by atoms with van der Waals surface area (Å²) in [6.07, 6.45) is 10.2. The molecular formula is C17H30N2O. The predicted molar refractivity (Wildman–Crippen MR) is 81.1 cm³/mol. The molecule has 0 radical (unpaired) electrons. The molecule has 3 rings (SSSR count). The van der Waals surface area contributed by atoms with Gasteiger partial charge in [-0.15, -0.1) is 0 Å². The summed E-state index contributed by atoms with van der Waals surface area (Å²) in [4.78, 5) is 14.7. The molecule has 0 aromatic rings. The lowest BCUT2D eigenvalue weighted by atomic mass is 9.80. The summed E-state index contributed by atoms with van der Waals surface area (Å²) < 4.78 is 0. The van der Waals surface area contributed by atoms with Crippen molar-refractivity contribution in [2.75, 3.05) is 20.1 Å². The van der Waals surface area contributed by atoms with E-state index in [0.717, 1.165) is 43.7 Å². The second-order valence-corrected chi connectivity index (χ2v) is 7.62. The van der Waals surface area contributed by atoms with Gasteiger partial charge in [0.05, 0.1) is 0 Å². The quantitative estimate of drug-likeness (QED) is 0.859. The molecule has 1 amide bonds. The molecule has 0 saturated heterocycles. The van der Waals surface area contributed by atoms with E-state index in [1.165, 1.54) is 38.5 Å². The number of carbonyl (C=O) groups is 1. The molecule has 2 bridgehead atoms. The predicted octanol–water partition coefficient (Wildman–Crippen LogP) is 2.65. The van der Waals surface area contributed by atoms with Crippen LogP contribution in [0, 0.1) is 29.6 Å². The van der Waals surface area contributed by atoms with Crippen LogP contribution in [0.5, 0.6) is 0 Å². The minimum Gasteiger partial charge on any atom is -0.345 e. The van der Waals surface area contributed by atoms with Crippen LogP contribution < -0.4 is 5.73 Å². The zero-order chi connectivity index (χ0) is 14.1. The average Bonchev–Trinajstić information content (AvgIpc) is 3.09. The number of nitrogens with zero attached hydrogens (tertiary/aromatic N) is 1. The summed E-state index contributed by atoms with van der Waals surface area (Å²) >= 11 is 0. The van der Waals surface area contributed by atoms with Gasteiger partial charge in [0.2, 0.25) is 5.91 Å². The first kappa shape index (κ1) is 14.4. The van der Waals surface area contributed by atoms with Gasteiger partial charge < -0.3 is 10.6 Å². The Balaban J connectivity index is 1.51. The monoisotopic (exact) mass is 278 g/mol. The third-order valence-corrected chi connectivity index (χ3v) is 6.23. The number of carbonyl (C=O) groups excluding carboxylic acids is 1. The third kappa shape index (κ3) is 2.88. The van der Waals surface area contributed by atoms with Gasteiger partial charge in [-0.3, -0.25) is 4.79 Å². The highest BCUT2D eigenvalue weighted by Crippen LogP contribution is 2.48. The molecule has 2 N–H and O–H groups in total. The molecule has 3 heteroatoms. The molecule has 0 heterocycles. The minimum absolute atomic E-state index is 0.251. The second-order valence-electron chi connectivity index (χ2n) is 7.62. The van der Waals surface area contributed by atoms with Crippen molar-refractivity contribution in [3.63, 3.8) is 0 Å². The van der Waals surface area contributed by atoms with Crippen LogP contribution in [0.1, 0.15) is 51.4 Å². The van der Waals surface area contributed by atoms with E-state index in [1.807, 2.05) is 7.05 Å². The maximum Gasteiger partial charge on any atom is 0.225 e. The Labute approximate surface area is 123 Å². The molecule has 20 heavy (non-hydrogen) atoms. The summed E-state index contributed by atoms with van der Waals surface area (Å²) in [5, 5.41) is 0. The molecule has 0 aromatic carbocycles. The lowest BCUT2D eigenvalue weighted by Gasteiger charge is -2.33. The number of rotatable bonds is 4. The zero-order valence-electron chi connectivity index (χ0n) is 12.9. The Morgan fingerprint density at radius 2 is 2.00 bits per heavy atom. The van der Waals surface area contributed by atoms with E-state index in [1.54, 1.807) is 0 Å². The molecule has 3 fully saturated rings. The normalized spacial score (nSPS) is 40.0. The van der Waals surface area contributed by atoms with Gasteiger partial charge in [-0.25, -0.2) is 0 Å². The highest BCUT2D eigenvalue weighted by atomic mass is 16.2. The lowest BCUT2D eigenvalue weighted by molar-refractivity contribution is -0.136. The maximum atomic E-state index is 12.6. The van der Waals surface area contributed by atoms with Crippen molar-refractivity contribution in [2.45, 2.75) is 51.4 Å². The van der Waals surface area contributed by atoms with E-state index < -0.39 is 0 Å². The summed E-state index contributed by atoms with van der Waals surface area (Å²) in [6, 6.07) is 0. The zero-order valence-corrected chi connectivity index (χ0v) is 12.9. The van der Waals surface area contributed by atoms with Gasteiger partial charge in [-0.05, 0) is 68.7 Å². The fraction of sp³-hybridized carbons (Fsp3) is 0.941. The molecule has 0 aliphatic heterocycles. The largest absolute Gasteiger partial charge is 0.345 e. The highest BCUT2D eigenvalue weighted by Gasteiger charge is 2.40. The van der Waals surface area contributed by atoms with Crippen LogP contribution >= 0.6 is 0 Å². The van der Waals surface area contributed by atoms with Crippen molar-refractivity contribution in [3.8, 4) is 0 Å².